The van der Waals surface area contributed by atoms with Gasteiger partial charge in [0.25, 0.3) is 0 Å². The van der Waals surface area contributed by atoms with Crippen molar-refractivity contribution in [1.82, 2.24) is 0 Å². The molecule has 0 aliphatic rings. The molecular weight excluding hydrogens is 64.1 g/mol. The first kappa shape index (κ1) is 4.09. The van der Waals surface area contributed by atoms with Gasteiger partial charge in [-0.3, -0.25) is 0 Å². The zero-order valence-electron chi connectivity index (χ0n) is 3.08. The quantitative estimate of drug-likeness (QED) is 0.355. The molecule has 0 nitrogen and oxygen atoms in total. The Morgan fingerprint density at radius 1 is 1.50 bits per heavy atom. The van der Waals surface area contributed by atoms with Crippen molar-refractivity contribution in [2.45, 2.75) is 13.8 Å². The maximum absolute atomic E-state index is 2.57. The van der Waals surface area contributed by atoms with Gasteiger partial charge in [0, 0.05) is 0 Å². The second kappa shape index (κ2) is 1.41. The minimum absolute atomic E-state index is 1.33. The minimum Gasteiger partial charge on any atom is -0.0984 e. The highest BCUT2D eigenvalue weighted by Crippen LogP contribution is 1.48. The third-order valence-corrected chi connectivity index (χ3v) is 0. The van der Waals surface area contributed by atoms with Gasteiger partial charge in [-0.1, -0.05) is 5.17 Å². The van der Waals surface area contributed by atoms with E-state index in [-0.39, 0.29) is 0 Å². The van der Waals surface area contributed by atoms with E-state index >= 15 is 0 Å². The van der Waals surface area contributed by atoms with Gasteiger partial charge in [-0.2, -0.15) is 0 Å². The molecule has 0 fully saturated rings. The minimum atomic E-state index is 1.33. The first-order valence-electron chi connectivity index (χ1n) is 1.29. The Labute approximate surface area is 29.9 Å². The van der Waals surface area contributed by atoms with Gasteiger partial charge < -0.3 is 0 Å². The van der Waals surface area contributed by atoms with E-state index in [9.17, 15) is 0 Å². The highest BCUT2D eigenvalue weighted by molar-refractivity contribution is 6.36. The summed E-state index contributed by atoms with van der Waals surface area (Å²) >= 11 is 0. The summed E-state index contributed by atoms with van der Waals surface area (Å²) in [5.41, 5.74) is 0. The van der Waals surface area contributed by atoms with Crippen LogP contribution in [0.1, 0.15) is 13.8 Å². The zero-order valence-corrected chi connectivity index (χ0v) is 4.23. The molecule has 0 aromatic heterocycles. The van der Waals surface area contributed by atoms with Crippen LogP contribution in [0.2, 0.25) is 0 Å². The predicted octanol–water partition coefficient (Wildman–Crippen LogP) is 0.0994. The van der Waals surface area contributed by atoms with Crippen LogP contribution in [0.4, 0.5) is 0 Å². The molecule has 1 heteroatoms. The molecule has 0 amide bonds. The Hall–Kier alpha value is 0.0869. The van der Waals surface area contributed by atoms with Gasteiger partial charge in [-0.25, -0.2) is 0 Å². The topological polar surface area (TPSA) is 0 Å². The van der Waals surface area contributed by atoms with Gasteiger partial charge in [-0.05, 0) is 23.7 Å². The molecule has 1 radical (unpaired) electrons. The lowest BCUT2D eigenvalue weighted by Gasteiger charge is -1.65. The van der Waals surface area contributed by atoms with Gasteiger partial charge in [0.15, 0.2) is 0 Å². The Kier molecular flexibility index (Phi) is 1.44. The normalized spacial score (nSPS) is 6.50. The van der Waals surface area contributed by atoms with Crippen molar-refractivity contribution < 1.29 is 0 Å². The van der Waals surface area contributed by atoms with Crippen molar-refractivity contribution in [2.24, 2.45) is 0 Å². The van der Waals surface area contributed by atoms with Gasteiger partial charge in [0.2, 0.25) is 0 Å². The van der Waals surface area contributed by atoms with Crippen LogP contribution in [0.25, 0.3) is 0 Å². The summed E-state index contributed by atoms with van der Waals surface area (Å²) in [6.45, 7) is 4.09. The highest BCUT2D eigenvalue weighted by atomic mass is 28.1. The molecule has 0 aliphatic carbocycles. The maximum Gasteiger partial charge on any atom is -0.00187 e. The lowest BCUT2D eigenvalue weighted by atomic mass is 10.6. The molecule has 0 spiro atoms. The van der Waals surface area contributed by atoms with E-state index in [2.05, 4.69) is 9.85 Å². The average Bonchev–Trinajstić information content (AvgIpc) is 0.811. The summed E-state index contributed by atoms with van der Waals surface area (Å²) < 4.78 is 0. The van der Waals surface area contributed by atoms with E-state index in [0.717, 1.165) is 0 Å². The summed E-state index contributed by atoms with van der Waals surface area (Å²) in [5, 5.41) is 1.33. The summed E-state index contributed by atoms with van der Waals surface area (Å²) in [5.74, 6) is 0. The van der Waals surface area contributed by atoms with E-state index in [0.29, 0.717) is 0 Å². The van der Waals surface area contributed by atoms with Crippen LogP contribution in [0.3, 0.4) is 0 Å². The fourth-order valence-electron chi connectivity index (χ4n) is 0. The molecule has 0 rings (SSSR count). The van der Waals surface area contributed by atoms with Crippen molar-refractivity contribution in [2.75, 3.05) is 0 Å². The summed E-state index contributed by atoms with van der Waals surface area (Å²) in [7, 11) is 2.57. The molecule has 0 N–H and O–H groups in total. The molecule has 0 saturated heterocycles. The van der Waals surface area contributed by atoms with E-state index < -0.39 is 0 Å². The molecular formula is C3H7Si. The smallest absolute Gasteiger partial charge is 0.00187 e. The lowest BCUT2D eigenvalue weighted by molar-refractivity contribution is 1.85. The largest absolute Gasteiger partial charge is 0.0984 e. The first-order chi connectivity index (χ1) is 1.73. The van der Waals surface area contributed by atoms with Gasteiger partial charge >= 0.3 is 0 Å². The van der Waals surface area contributed by atoms with Gasteiger partial charge in [0.05, 0.1) is 0 Å². The first-order valence-corrected chi connectivity index (χ1v) is 1.87. The third kappa shape index (κ3) is 327. The number of rotatable bonds is 0. The molecule has 4 heavy (non-hydrogen) atoms. The van der Waals surface area contributed by atoms with Crippen molar-refractivity contribution in [1.29, 1.82) is 0 Å². The molecule has 0 aromatic carbocycles. The molecule has 0 saturated carbocycles. The Balaban J connectivity index is 2.80. The van der Waals surface area contributed by atoms with Crippen LogP contribution in [0.15, 0.2) is 0 Å². The van der Waals surface area contributed by atoms with E-state index in [4.69, 9.17) is 0 Å². The highest BCUT2D eigenvalue weighted by Gasteiger charge is 1.51. The zero-order chi connectivity index (χ0) is 3.58. The predicted molar refractivity (Wildman–Crippen MR) is 23.5 cm³/mol. The Morgan fingerprint density at radius 2 is 1.50 bits per heavy atom. The van der Waals surface area contributed by atoms with Crippen LogP contribution in [-0.4, -0.2) is 15.0 Å². The Morgan fingerprint density at radius 3 is 1.50 bits per heavy atom. The van der Waals surface area contributed by atoms with Crippen LogP contribution >= 0.6 is 0 Å². The van der Waals surface area contributed by atoms with E-state index in [1.165, 1.54) is 5.17 Å². The second-order valence-electron chi connectivity index (χ2n) is 1.08. The molecule has 0 unspecified atom stereocenters. The Bertz CT molecular complexity index is 26.3. The van der Waals surface area contributed by atoms with Crippen LogP contribution < -0.4 is 0 Å². The fourth-order valence-corrected chi connectivity index (χ4v) is 0. The lowest BCUT2D eigenvalue weighted by Crippen LogP contribution is -1.72. The molecule has 0 aromatic rings. The molecule has 0 heterocycles. The molecule has 0 aliphatic heterocycles. The maximum atomic E-state index is 2.57. The monoisotopic (exact) mass is 71.0 g/mol. The molecule has 23 valence electrons. The standard InChI is InChI=1S/C3H7Si/c1-3(2)4/h4H,1-2H3. The third-order valence-electron chi connectivity index (χ3n) is 0. The number of hydrogen-bond acceptors (Lipinski definition) is 0. The van der Waals surface area contributed by atoms with E-state index in [1.54, 1.807) is 0 Å². The van der Waals surface area contributed by atoms with Crippen LogP contribution in [-0.2, 0) is 0 Å². The van der Waals surface area contributed by atoms with Crippen LogP contribution in [0.5, 0.6) is 0 Å². The molecule has 0 bridgehead atoms. The van der Waals surface area contributed by atoms with Crippen molar-refractivity contribution in [3.8, 4) is 0 Å². The van der Waals surface area contributed by atoms with Gasteiger partial charge in [0.1, 0.15) is 0 Å². The van der Waals surface area contributed by atoms with Crippen molar-refractivity contribution in [3.63, 3.8) is 0 Å². The van der Waals surface area contributed by atoms with Crippen LogP contribution in [0, 0.1) is 0 Å². The van der Waals surface area contributed by atoms with Crippen molar-refractivity contribution >= 4 is 15.0 Å². The molecule has 0 atom stereocenters. The summed E-state index contributed by atoms with van der Waals surface area (Å²) in [6, 6.07) is 0. The fraction of sp³-hybridized carbons (Fsp3) is 0.667. The van der Waals surface area contributed by atoms with Crippen molar-refractivity contribution in [3.05, 3.63) is 0 Å². The van der Waals surface area contributed by atoms with Gasteiger partial charge in [-0.15, -0.1) is 0 Å². The summed E-state index contributed by atoms with van der Waals surface area (Å²) in [6.07, 6.45) is 0. The second-order valence-corrected chi connectivity index (χ2v) is 2.23. The SMILES string of the molecule is CC(C)=[SiH]. The average molecular weight is 71.2 g/mol. The van der Waals surface area contributed by atoms with E-state index in [1.807, 2.05) is 13.8 Å². The summed E-state index contributed by atoms with van der Waals surface area (Å²) in [4.78, 5) is 0. The number of hydrogen-bond donors (Lipinski definition) is 0.